The van der Waals surface area contributed by atoms with E-state index in [2.05, 4.69) is 31.2 Å². The quantitative estimate of drug-likeness (QED) is 0.852. The SMILES string of the molecule is Cc1ccc(-c2ccoc2C(O)C(C)(C)C)cc1. The van der Waals surface area contributed by atoms with E-state index in [0.29, 0.717) is 5.76 Å². The van der Waals surface area contributed by atoms with Gasteiger partial charge in [0, 0.05) is 5.56 Å². The van der Waals surface area contributed by atoms with Crippen LogP contribution in [0.4, 0.5) is 0 Å². The fourth-order valence-corrected chi connectivity index (χ4v) is 1.90. The minimum Gasteiger partial charge on any atom is -0.466 e. The van der Waals surface area contributed by atoms with Crippen molar-refractivity contribution in [3.8, 4) is 11.1 Å². The van der Waals surface area contributed by atoms with Gasteiger partial charge >= 0.3 is 0 Å². The molecule has 0 aliphatic carbocycles. The molecule has 96 valence electrons. The first-order valence-electron chi connectivity index (χ1n) is 6.22. The first kappa shape index (κ1) is 12.9. The Balaban J connectivity index is 2.42. The van der Waals surface area contributed by atoms with Crippen molar-refractivity contribution < 1.29 is 9.52 Å². The lowest BCUT2D eigenvalue weighted by Gasteiger charge is -2.25. The van der Waals surface area contributed by atoms with Gasteiger partial charge in [0.2, 0.25) is 0 Å². The summed E-state index contributed by atoms with van der Waals surface area (Å²) in [5, 5.41) is 10.3. The Bertz CT molecular complexity index is 515. The third-order valence-electron chi connectivity index (χ3n) is 3.13. The van der Waals surface area contributed by atoms with Gasteiger partial charge in [0.15, 0.2) is 0 Å². The number of furan rings is 1. The molecule has 2 heteroatoms. The molecule has 1 heterocycles. The number of aliphatic hydroxyl groups excluding tert-OH is 1. The van der Waals surface area contributed by atoms with Crippen LogP contribution in [0.2, 0.25) is 0 Å². The molecule has 2 rings (SSSR count). The van der Waals surface area contributed by atoms with Crippen molar-refractivity contribution in [3.63, 3.8) is 0 Å². The molecule has 0 aliphatic heterocycles. The number of benzene rings is 1. The van der Waals surface area contributed by atoms with Gasteiger partial charge in [-0.3, -0.25) is 0 Å². The van der Waals surface area contributed by atoms with E-state index in [1.165, 1.54) is 5.56 Å². The molecule has 0 saturated carbocycles. The van der Waals surface area contributed by atoms with E-state index in [0.717, 1.165) is 11.1 Å². The maximum absolute atomic E-state index is 10.3. The van der Waals surface area contributed by atoms with Crippen LogP contribution < -0.4 is 0 Å². The van der Waals surface area contributed by atoms with Crippen molar-refractivity contribution >= 4 is 0 Å². The van der Waals surface area contributed by atoms with Gasteiger partial charge < -0.3 is 9.52 Å². The van der Waals surface area contributed by atoms with E-state index in [1.54, 1.807) is 6.26 Å². The third kappa shape index (κ3) is 2.49. The van der Waals surface area contributed by atoms with Gasteiger partial charge in [0.1, 0.15) is 11.9 Å². The molecule has 0 fully saturated rings. The summed E-state index contributed by atoms with van der Waals surface area (Å²) in [5.41, 5.74) is 3.03. The molecule has 1 N–H and O–H groups in total. The maximum atomic E-state index is 10.3. The first-order valence-corrected chi connectivity index (χ1v) is 6.22. The van der Waals surface area contributed by atoms with Crippen molar-refractivity contribution in [2.45, 2.75) is 33.8 Å². The van der Waals surface area contributed by atoms with E-state index in [-0.39, 0.29) is 5.41 Å². The highest BCUT2D eigenvalue weighted by atomic mass is 16.4. The van der Waals surface area contributed by atoms with Gasteiger partial charge in [0.05, 0.1) is 6.26 Å². The lowest BCUT2D eigenvalue weighted by atomic mass is 9.85. The summed E-state index contributed by atoms with van der Waals surface area (Å²) in [5.74, 6) is 0.645. The van der Waals surface area contributed by atoms with Crippen LogP contribution in [-0.4, -0.2) is 5.11 Å². The molecule has 0 spiro atoms. The standard InChI is InChI=1S/C16H20O2/c1-11-5-7-12(8-6-11)13-9-10-18-14(13)15(17)16(2,3)4/h5-10,15,17H,1-4H3. The zero-order valence-corrected chi connectivity index (χ0v) is 11.4. The third-order valence-corrected chi connectivity index (χ3v) is 3.13. The van der Waals surface area contributed by atoms with Crippen molar-refractivity contribution in [3.05, 3.63) is 47.9 Å². The molecule has 0 saturated heterocycles. The van der Waals surface area contributed by atoms with Crippen LogP contribution in [0.15, 0.2) is 41.0 Å². The molecular weight excluding hydrogens is 224 g/mol. The smallest absolute Gasteiger partial charge is 0.140 e. The predicted octanol–water partition coefficient (Wildman–Crippen LogP) is 4.33. The molecule has 1 atom stereocenters. The van der Waals surface area contributed by atoms with Crippen LogP contribution >= 0.6 is 0 Å². The first-order chi connectivity index (χ1) is 8.39. The molecule has 0 radical (unpaired) electrons. The normalized spacial score (nSPS) is 13.6. The molecule has 18 heavy (non-hydrogen) atoms. The topological polar surface area (TPSA) is 33.4 Å². The van der Waals surface area contributed by atoms with Crippen LogP contribution in [0, 0.1) is 12.3 Å². The molecular formula is C16H20O2. The van der Waals surface area contributed by atoms with Gasteiger partial charge in [-0.25, -0.2) is 0 Å². The maximum Gasteiger partial charge on any atom is 0.140 e. The fraction of sp³-hybridized carbons (Fsp3) is 0.375. The number of rotatable bonds is 2. The predicted molar refractivity (Wildman–Crippen MR) is 73.3 cm³/mol. The van der Waals surface area contributed by atoms with Gasteiger partial charge in [-0.15, -0.1) is 0 Å². The summed E-state index contributed by atoms with van der Waals surface area (Å²) in [6, 6.07) is 10.2. The Morgan fingerprint density at radius 2 is 1.67 bits per heavy atom. The molecule has 0 bridgehead atoms. The summed E-state index contributed by atoms with van der Waals surface area (Å²) < 4.78 is 5.49. The summed E-state index contributed by atoms with van der Waals surface area (Å²) in [7, 11) is 0. The van der Waals surface area contributed by atoms with Crippen LogP contribution in [-0.2, 0) is 0 Å². The highest BCUT2D eigenvalue weighted by molar-refractivity contribution is 5.66. The highest BCUT2D eigenvalue weighted by Crippen LogP contribution is 2.38. The average Bonchev–Trinajstić information content (AvgIpc) is 2.76. The number of aryl methyl sites for hydroxylation is 1. The second-order valence-electron chi connectivity index (χ2n) is 5.83. The molecule has 1 unspecified atom stereocenters. The molecule has 2 nitrogen and oxygen atoms in total. The minimum atomic E-state index is -0.608. The summed E-state index contributed by atoms with van der Waals surface area (Å²) >= 11 is 0. The zero-order chi connectivity index (χ0) is 13.3. The van der Waals surface area contributed by atoms with Gasteiger partial charge in [-0.05, 0) is 24.0 Å². The molecule has 0 amide bonds. The van der Waals surface area contributed by atoms with E-state index >= 15 is 0 Å². The number of aliphatic hydroxyl groups is 1. The fourth-order valence-electron chi connectivity index (χ4n) is 1.90. The molecule has 2 aromatic rings. The number of hydrogen-bond acceptors (Lipinski definition) is 2. The molecule has 1 aromatic heterocycles. The Morgan fingerprint density at radius 1 is 1.06 bits per heavy atom. The minimum absolute atomic E-state index is 0.239. The average molecular weight is 244 g/mol. The monoisotopic (exact) mass is 244 g/mol. The highest BCUT2D eigenvalue weighted by Gasteiger charge is 2.28. The van der Waals surface area contributed by atoms with E-state index in [4.69, 9.17) is 4.42 Å². The summed E-state index contributed by atoms with van der Waals surface area (Å²) in [6.07, 6.45) is 1.03. The van der Waals surface area contributed by atoms with Crippen molar-refractivity contribution in [1.29, 1.82) is 0 Å². The lowest BCUT2D eigenvalue weighted by Crippen LogP contribution is -2.17. The van der Waals surface area contributed by atoms with Crippen LogP contribution in [0.25, 0.3) is 11.1 Å². The van der Waals surface area contributed by atoms with Crippen molar-refractivity contribution in [2.24, 2.45) is 5.41 Å². The van der Waals surface area contributed by atoms with Crippen LogP contribution in [0.1, 0.15) is 38.2 Å². The largest absolute Gasteiger partial charge is 0.466 e. The lowest BCUT2D eigenvalue weighted by molar-refractivity contribution is 0.0440. The Hall–Kier alpha value is -1.54. The zero-order valence-electron chi connectivity index (χ0n) is 11.4. The van der Waals surface area contributed by atoms with Crippen molar-refractivity contribution in [2.75, 3.05) is 0 Å². The molecule has 0 aliphatic rings. The van der Waals surface area contributed by atoms with Crippen LogP contribution in [0.5, 0.6) is 0 Å². The van der Waals surface area contributed by atoms with Gasteiger partial charge in [-0.2, -0.15) is 0 Å². The second kappa shape index (κ2) is 4.62. The van der Waals surface area contributed by atoms with Crippen molar-refractivity contribution in [1.82, 2.24) is 0 Å². The van der Waals surface area contributed by atoms with E-state index in [9.17, 15) is 5.11 Å². The second-order valence-corrected chi connectivity index (χ2v) is 5.83. The summed E-state index contributed by atoms with van der Waals surface area (Å²) in [6.45, 7) is 8.06. The Labute approximate surface area is 108 Å². The van der Waals surface area contributed by atoms with Gasteiger partial charge in [0.25, 0.3) is 0 Å². The van der Waals surface area contributed by atoms with Gasteiger partial charge in [-0.1, -0.05) is 50.6 Å². The van der Waals surface area contributed by atoms with Crippen LogP contribution in [0.3, 0.4) is 0 Å². The van der Waals surface area contributed by atoms with E-state index < -0.39 is 6.10 Å². The Morgan fingerprint density at radius 3 is 2.22 bits per heavy atom. The Kier molecular flexibility index (Phi) is 3.31. The van der Waals surface area contributed by atoms with E-state index in [1.807, 2.05) is 26.8 Å². The summed E-state index contributed by atoms with van der Waals surface area (Å²) in [4.78, 5) is 0. The number of hydrogen-bond donors (Lipinski definition) is 1. The molecule has 1 aromatic carbocycles.